The average Bonchev–Trinajstić information content (AvgIpc) is 2.36. The summed E-state index contributed by atoms with van der Waals surface area (Å²) in [5.41, 5.74) is 1.32. The summed E-state index contributed by atoms with van der Waals surface area (Å²) in [5, 5.41) is 13.5. The first-order valence-electron chi connectivity index (χ1n) is 6.74. The lowest BCUT2D eigenvalue weighted by Gasteiger charge is -2.21. The molecule has 0 fully saturated rings. The smallest absolute Gasteiger partial charge is 0.126 e. The summed E-state index contributed by atoms with van der Waals surface area (Å²) in [4.78, 5) is 2.13. The minimum absolute atomic E-state index is 0.0491. The van der Waals surface area contributed by atoms with Crippen LogP contribution in [0.25, 0.3) is 0 Å². The second-order valence-corrected chi connectivity index (χ2v) is 5.35. The Morgan fingerprint density at radius 3 is 2.63 bits per heavy atom. The molecule has 19 heavy (non-hydrogen) atoms. The van der Waals surface area contributed by atoms with E-state index >= 15 is 0 Å². The number of aliphatic hydroxyl groups is 1. The van der Waals surface area contributed by atoms with Crippen LogP contribution >= 0.6 is 0 Å². The van der Waals surface area contributed by atoms with Gasteiger partial charge in [0.15, 0.2) is 0 Å². The monoisotopic (exact) mass is 268 g/mol. The van der Waals surface area contributed by atoms with E-state index in [4.69, 9.17) is 0 Å². The lowest BCUT2D eigenvalue weighted by Crippen LogP contribution is -2.34. The minimum atomic E-state index is -0.612. The molecule has 2 atom stereocenters. The molecule has 0 heterocycles. The highest BCUT2D eigenvalue weighted by Gasteiger charge is 2.16. The van der Waals surface area contributed by atoms with Crippen molar-refractivity contribution < 1.29 is 9.50 Å². The highest BCUT2D eigenvalue weighted by molar-refractivity contribution is 5.26. The molecule has 0 radical (unpaired) electrons. The molecule has 0 aliphatic rings. The molecule has 2 unspecified atom stereocenters. The predicted molar refractivity (Wildman–Crippen MR) is 76.7 cm³/mol. The van der Waals surface area contributed by atoms with Gasteiger partial charge in [-0.2, -0.15) is 0 Å². The van der Waals surface area contributed by atoms with E-state index in [0.717, 1.165) is 25.1 Å². The van der Waals surface area contributed by atoms with Gasteiger partial charge in [-0.15, -0.1) is 0 Å². The Bertz CT molecular complexity index is 396. The quantitative estimate of drug-likeness (QED) is 0.743. The molecular weight excluding hydrogens is 243 g/mol. The molecule has 2 N–H and O–H groups in total. The Hall–Kier alpha value is -0.970. The first kappa shape index (κ1) is 16.1. The molecule has 1 aromatic carbocycles. The van der Waals surface area contributed by atoms with Crippen LogP contribution in [0.3, 0.4) is 0 Å². The number of hydrogen-bond acceptors (Lipinski definition) is 3. The molecule has 0 amide bonds. The third kappa shape index (κ3) is 5.27. The van der Waals surface area contributed by atoms with Crippen LogP contribution in [0.1, 0.15) is 30.6 Å². The maximum Gasteiger partial charge on any atom is 0.126 e. The van der Waals surface area contributed by atoms with E-state index in [2.05, 4.69) is 10.2 Å². The molecule has 1 aromatic rings. The van der Waals surface area contributed by atoms with Crippen molar-refractivity contribution >= 4 is 0 Å². The van der Waals surface area contributed by atoms with E-state index in [-0.39, 0.29) is 11.9 Å². The number of nitrogens with zero attached hydrogens (tertiary/aromatic N) is 1. The second kappa shape index (κ2) is 7.58. The molecule has 0 saturated heterocycles. The molecule has 0 bridgehead atoms. The third-order valence-electron chi connectivity index (χ3n) is 3.25. The lowest BCUT2D eigenvalue weighted by molar-refractivity contribution is 0.135. The second-order valence-electron chi connectivity index (χ2n) is 5.35. The maximum absolute atomic E-state index is 13.2. The number of benzene rings is 1. The molecule has 0 aliphatic carbocycles. The fourth-order valence-corrected chi connectivity index (χ4v) is 1.98. The normalized spacial score (nSPS) is 14.7. The minimum Gasteiger partial charge on any atom is -0.387 e. The Labute approximate surface area is 115 Å². The summed E-state index contributed by atoms with van der Waals surface area (Å²) in [6.07, 6.45) is 0.422. The van der Waals surface area contributed by atoms with Gasteiger partial charge in [-0.05, 0) is 64.6 Å². The van der Waals surface area contributed by atoms with E-state index in [0.29, 0.717) is 5.56 Å². The van der Waals surface area contributed by atoms with Gasteiger partial charge in [0.25, 0.3) is 0 Å². The van der Waals surface area contributed by atoms with Gasteiger partial charge < -0.3 is 15.3 Å². The number of aryl methyl sites for hydroxylation is 1. The molecular formula is C15H25FN2O. The number of rotatable bonds is 7. The SMILES string of the molecule is Cc1cc(C(O)C(C)NCCCN(C)C)ccc1F. The first-order valence-corrected chi connectivity index (χ1v) is 6.74. The highest BCUT2D eigenvalue weighted by atomic mass is 19.1. The van der Waals surface area contributed by atoms with Gasteiger partial charge in [-0.3, -0.25) is 0 Å². The van der Waals surface area contributed by atoms with Crippen molar-refractivity contribution in [3.63, 3.8) is 0 Å². The predicted octanol–water partition coefficient (Wildman–Crippen LogP) is 2.10. The Morgan fingerprint density at radius 2 is 2.05 bits per heavy atom. The van der Waals surface area contributed by atoms with Crippen molar-refractivity contribution in [2.45, 2.75) is 32.4 Å². The molecule has 0 aliphatic heterocycles. The number of nitrogens with one attached hydrogen (secondary N) is 1. The summed E-state index contributed by atoms with van der Waals surface area (Å²) in [7, 11) is 4.08. The van der Waals surface area contributed by atoms with Crippen molar-refractivity contribution in [1.29, 1.82) is 0 Å². The molecule has 1 rings (SSSR count). The van der Waals surface area contributed by atoms with Crippen LogP contribution in [0.4, 0.5) is 4.39 Å². The van der Waals surface area contributed by atoms with Crippen LogP contribution in [-0.4, -0.2) is 43.2 Å². The standard InChI is InChI=1S/C15H25FN2O/c1-11-10-13(6-7-14(11)16)15(19)12(2)17-8-5-9-18(3)4/h6-7,10,12,15,17,19H,5,8-9H2,1-4H3. The van der Waals surface area contributed by atoms with Gasteiger partial charge >= 0.3 is 0 Å². The fraction of sp³-hybridized carbons (Fsp3) is 0.600. The Balaban J connectivity index is 2.47. The summed E-state index contributed by atoms with van der Waals surface area (Å²) in [6, 6.07) is 4.71. The van der Waals surface area contributed by atoms with Crippen LogP contribution in [0.2, 0.25) is 0 Å². The molecule has 0 aromatic heterocycles. The zero-order valence-corrected chi connectivity index (χ0v) is 12.3. The van der Waals surface area contributed by atoms with Crippen molar-refractivity contribution in [2.75, 3.05) is 27.2 Å². The van der Waals surface area contributed by atoms with E-state index < -0.39 is 6.10 Å². The first-order chi connectivity index (χ1) is 8.91. The summed E-state index contributed by atoms with van der Waals surface area (Å²) in [5.74, 6) is -0.234. The average molecular weight is 268 g/mol. The summed E-state index contributed by atoms with van der Waals surface area (Å²) in [6.45, 7) is 5.53. The summed E-state index contributed by atoms with van der Waals surface area (Å²) >= 11 is 0. The number of halogens is 1. The van der Waals surface area contributed by atoms with Crippen molar-refractivity contribution in [2.24, 2.45) is 0 Å². The van der Waals surface area contributed by atoms with Crippen LogP contribution in [0, 0.1) is 12.7 Å². The largest absolute Gasteiger partial charge is 0.387 e. The van der Waals surface area contributed by atoms with Crippen molar-refractivity contribution in [3.05, 3.63) is 35.1 Å². The lowest BCUT2D eigenvalue weighted by atomic mass is 10.0. The highest BCUT2D eigenvalue weighted by Crippen LogP contribution is 2.19. The van der Waals surface area contributed by atoms with Crippen molar-refractivity contribution in [3.8, 4) is 0 Å². The zero-order valence-electron chi connectivity index (χ0n) is 12.3. The van der Waals surface area contributed by atoms with E-state index in [1.165, 1.54) is 6.07 Å². The van der Waals surface area contributed by atoms with Gasteiger partial charge in [0.05, 0.1) is 6.10 Å². The number of hydrogen-bond donors (Lipinski definition) is 2. The third-order valence-corrected chi connectivity index (χ3v) is 3.25. The van der Waals surface area contributed by atoms with Crippen LogP contribution < -0.4 is 5.32 Å². The zero-order chi connectivity index (χ0) is 14.4. The van der Waals surface area contributed by atoms with E-state index in [1.807, 2.05) is 21.0 Å². The summed E-state index contributed by atoms with van der Waals surface area (Å²) < 4.78 is 13.2. The fourth-order valence-electron chi connectivity index (χ4n) is 1.98. The van der Waals surface area contributed by atoms with Crippen LogP contribution in [0.5, 0.6) is 0 Å². The van der Waals surface area contributed by atoms with E-state index in [9.17, 15) is 9.50 Å². The molecule has 3 nitrogen and oxygen atoms in total. The van der Waals surface area contributed by atoms with Crippen molar-refractivity contribution in [1.82, 2.24) is 10.2 Å². The van der Waals surface area contributed by atoms with Crippen LogP contribution in [0.15, 0.2) is 18.2 Å². The van der Waals surface area contributed by atoms with Crippen LogP contribution in [-0.2, 0) is 0 Å². The Morgan fingerprint density at radius 1 is 1.37 bits per heavy atom. The maximum atomic E-state index is 13.2. The molecule has 108 valence electrons. The molecule has 4 heteroatoms. The van der Waals surface area contributed by atoms with Gasteiger partial charge in [0.1, 0.15) is 5.82 Å². The van der Waals surface area contributed by atoms with Gasteiger partial charge in [0, 0.05) is 6.04 Å². The van der Waals surface area contributed by atoms with Gasteiger partial charge in [0.2, 0.25) is 0 Å². The number of aliphatic hydroxyl groups excluding tert-OH is 1. The van der Waals surface area contributed by atoms with Gasteiger partial charge in [-0.1, -0.05) is 12.1 Å². The van der Waals surface area contributed by atoms with Gasteiger partial charge in [-0.25, -0.2) is 4.39 Å². The Kier molecular flexibility index (Phi) is 6.42. The van der Waals surface area contributed by atoms with E-state index in [1.54, 1.807) is 19.1 Å². The molecule has 0 saturated carbocycles. The molecule has 0 spiro atoms. The topological polar surface area (TPSA) is 35.5 Å².